The van der Waals surface area contributed by atoms with Gasteiger partial charge in [0.05, 0.1) is 11.6 Å². The quantitative estimate of drug-likeness (QED) is 0.413. The Balaban J connectivity index is 2.76. The Bertz CT molecular complexity index is 374. The molecule has 1 aromatic carbocycles. The fourth-order valence-electron chi connectivity index (χ4n) is 0.957. The topological polar surface area (TPSA) is 93.5 Å². The molecule has 0 aliphatic heterocycles. The highest BCUT2D eigenvalue weighted by molar-refractivity contribution is 6.28. The Kier molecular flexibility index (Phi) is 3.93. The van der Waals surface area contributed by atoms with Crippen LogP contribution in [0.25, 0.3) is 0 Å². The molecule has 0 spiro atoms. The number of amides is 2. The van der Waals surface area contributed by atoms with Crippen molar-refractivity contribution in [3.63, 3.8) is 0 Å². The fourth-order valence-corrected chi connectivity index (χ4v) is 1.02. The van der Waals surface area contributed by atoms with Gasteiger partial charge in [-0.1, -0.05) is 0 Å². The van der Waals surface area contributed by atoms with E-state index in [2.05, 4.69) is 10.3 Å². The molecule has 0 saturated heterocycles. The van der Waals surface area contributed by atoms with Gasteiger partial charge in [0.15, 0.2) is 0 Å². The highest BCUT2D eigenvalue weighted by Crippen LogP contribution is 2.16. The predicted octanol–water partition coefficient (Wildman–Crippen LogP) is 1.40. The van der Waals surface area contributed by atoms with Crippen molar-refractivity contribution in [1.29, 1.82) is 0 Å². The molecule has 0 fully saturated rings. The molecule has 0 aliphatic rings. The molecular weight excluding hydrogens is 216 g/mol. The second-order valence-corrected chi connectivity index (χ2v) is 3.04. The summed E-state index contributed by atoms with van der Waals surface area (Å²) < 4.78 is 0. The molecule has 1 aromatic rings. The number of anilines is 1. The largest absolute Gasteiger partial charge is 0.386 e. The first-order valence-corrected chi connectivity index (χ1v) is 4.71. The number of hydrogen-bond acceptors (Lipinski definition) is 2. The molecule has 0 unspecified atom stereocenters. The smallest absolute Gasteiger partial charge is 0.316 e. The molecule has 0 atom stereocenters. The average Bonchev–Trinajstić information content (AvgIpc) is 2.20. The third-order valence-electron chi connectivity index (χ3n) is 1.54. The fraction of sp³-hybridized carbons (Fsp3) is 0.111. The van der Waals surface area contributed by atoms with Crippen LogP contribution < -0.4 is 16.8 Å². The van der Waals surface area contributed by atoms with E-state index in [4.69, 9.17) is 23.1 Å². The summed E-state index contributed by atoms with van der Waals surface area (Å²) in [6.07, 6.45) is 0. The van der Waals surface area contributed by atoms with Crippen molar-refractivity contribution in [1.82, 2.24) is 0 Å². The van der Waals surface area contributed by atoms with Crippen molar-refractivity contribution in [2.24, 2.45) is 16.5 Å². The molecule has 6 heteroatoms. The van der Waals surface area contributed by atoms with E-state index in [1.54, 1.807) is 24.3 Å². The molecule has 5 N–H and O–H groups in total. The van der Waals surface area contributed by atoms with Gasteiger partial charge >= 0.3 is 6.03 Å². The van der Waals surface area contributed by atoms with E-state index in [-0.39, 0.29) is 5.88 Å². The molecule has 80 valence electrons. The minimum atomic E-state index is -0.605. The Hall–Kier alpha value is -1.75. The minimum Gasteiger partial charge on any atom is -0.386 e. The third kappa shape index (κ3) is 3.86. The molecular formula is C9H11ClN4O. The molecule has 0 aliphatic carbocycles. The Morgan fingerprint density at radius 3 is 2.40 bits per heavy atom. The monoisotopic (exact) mass is 226 g/mol. The maximum atomic E-state index is 10.5. The molecule has 1 rings (SSSR count). The van der Waals surface area contributed by atoms with Crippen LogP contribution >= 0.6 is 11.6 Å². The van der Waals surface area contributed by atoms with Crippen LogP contribution in [0.4, 0.5) is 16.2 Å². The van der Waals surface area contributed by atoms with E-state index in [0.29, 0.717) is 17.2 Å². The second kappa shape index (κ2) is 5.21. The lowest BCUT2D eigenvalue weighted by molar-refractivity contribution is 0.259. The molecule has 5 nitrogen and oxygen atoms in total. The number of nitrogens with two attached hydrogens (primary N) is 2. The first kappa shape index (κ1) is 11.3. The van der Waals surface area contributed by atoms with E-state index < -0.39 is 6.03 Å². The summed E-state index contributed by atoms with van der Waals surface area (Å²) >= 11 is 5.47. The number of halogens is 1. The van der Waals surface area contributed by atoms with Gasteiger partial charge in [-0.3, -0.25) is 0 Å². The number of nitrogens with zero attached hydrogens (tertiary/aromatic N) is 1. The van der Waals surface area contributed by atoms with Crippen LogP contribution in [0.5, 0.6) is 0 Å². The Morgan fingerprint density at radius 1 is 1.33 bits per heavy atom. The highest BCUT2D eigenvalue weighted by Gasteiger charge is 1.96. The SMILES string of the molecule is NC(=O)Nc1ccc(N=C(N)CCl)cc1. The minimum absolute atomic E-state index is 0.182. The summed E-state index contributed by atoms with van der Waals surface area (Å²) in [7, 11) is 0. The summed E-state index contributed by atoms with van der Waals surface area (Å²) in [4.78, 5) is 14.5. The van der Waals surface area contributed by atoms with Gasteiger partial charge in [0, 0.05) is 5.69 Å². The number of alkyl halides is 1. The number of benzene rings is 1. The van der Waals surface area contributed by atoms with Gasteiger partial charge in [0.25, 0.3) is 0 Å². The van der Waals surface area contributed by atoms with Gasteiger partial charge in [-0.2, -0.15) is 0 Å². The number of hydrogen-bond donors (Lipinski definition) is 3. The van der Waals surface area contributed by atoms with Crippen molar-refractivity contribution in [2.45, 2.75) is 0 Å². The van der Waals surface area contributed by atoms with Gasteiger partial charge in [-0.25, -0.2) is 9.79 Å². The van der Waals surface area contributed by atoms with Crippen LogP contribution in [-0.2, 0) is 0 Å². The van der Waals surface area contributed by atoms with Crippen LogP contribution in [0, 0.1) is 0 Å². The number of carbonyl (C=O) groups is 1. The van der Waals surface area contributed by atoms with Gasteiger partial charge in [-0.05, 0) is 24.3 Å². The summed E-state index contributed by atoms with van der Waals surface area (Å²) in [5.74, 6) is 0.522. The van der Waals surface area contributed by atoms with E-state index in [1.165, 1.54) is 0 Å². The highest BCUT2D eigenvalue weighted by atomic mass is 35.5. The van der Waals surface area contributed by atoms with Crippen LogP contribution in [-0.4, -0.2) is 17.7 Å². The van der Waals surface area contributed by atoms with Gasteiger partial charge < -0.3 is 16.8 Å². The molecule has 0 bridgehead atoms. The van der Waals surface area contributed by atoms with Crippen molar-refractivity contribution in [3.05, 3.63) is 24.3 Å². The number of carbonyl (C=O) groups excluding carboxylic acids is 1. The molecule has 0 heterocycles. The standard InChI is InChI=1S/C9H11ClN4O/c10-5-8(11)13-6-1-3-7(4-2-6)14-9(12)15/h1-4H,5H2,(H2,11,13)(H3,12,14,15). The van der Waals surface area contributed by atoms with Crippen molar-refractivity contribution >= 4 is 34.8 Å². The van der Waals surface area contributed by atoms with E-state index in [9.17, 15) is 4.79 Å². The second-order valence-electron chi connectivity index (χ2n) is 2.77. The van der Waals surface area contributed by atoms with Gasteiger partial charge in [-0.15, -0.1) is 11.6 Å². The maximum Gasteiger partial charge on any atom is 0.316 e. The zero-order chi connectivity index (χ0) is 11.3. The summed E-state index contributed by atoms with van der Waals surface area (Å²) in [5.41, 5.74) is 11.7. The molecule has 0 saturated carbocycles. The van der Waals surface area contributed by atoms with Crippen LogP contribution in [0.15, 0.2) is 29.3 Å². The predicted molar refractivity (Wildman–Crippen MR) is 61.7 cm³/mol. The van der Waals surface area contributed by atoms with Crippen molar-refractivity contribution in [2.75, 3.05) is 11.2 Å². The zero-order valence-corrected chi connectivity index (χ0v) is 8.66. The van der Waals surface area contributed by atoms with E-state index in [1.807, 2.05) is 0 Å². The van der Waals surface area contributed by atoms with Gasteiger partial charge in [0.2, 0.25) is 0 Å². The molecule has 0 radical (unpaired) electrons. The normalized spacial score (nSPS) is 11.1. The lowest BCUT2D eigenvalue weighted by Gasteiger charge is -2.01. The van der Waals surface area contributed by atoms with Crippen LogP contribution in [0.1, 0.15) is 0 Å². The molecule has 15 heavy (non-hydrogen) atoms. The summed E-state index contributed by atoms with van der Waals surface area (Å²) in [6, 6.07) is 6.14. The number of urea groups is 1. The van der Waals surface area contributed by atoms with Crippen LogP contribution in [0.3, 0.4) is 0 Å². The Morgan fingerprint density at radius 2 is 1.93 bits per heavy atom. The average molecular weight is 227 g/mol. The summed E-state index contributed by atoms with van der Waals surface area (Å²) in [6.45, 7) is 0. The van der Waals surface area contributed by atoms with Crippen molar-refractivity contribution < 1.29 is 4.79 Å². The van der Waals surface area contributed by atoms with Crippen LogP contribution in [0.2, 0.25) is 0 Å². The van der Waals surface area contributed by atoms with Gasteiger partial charge in [0.1, 0.15) is 5.84 Å². The number of amidine groups is 1. The number of aliphatic imine (C=N–C) groups is 1. The van der Waals surface area contributed by atoms with Crippen molar-refractivity contribution in [3.8, 4) is 0 Å². The molecule has 0 aromatic heterocycles. The lowest BCUT2D eigenvalue weighted by atomic mass is 10.3. The zero-order valence-electron chi connectivity index (χ0n) is 7.90. The third-order valence-corrected chi connectivity index (χ3v) is 1.82. The summed E-state index contributed by atoms with van der Waals surface area (Å²) in [5, 5.41) is 2.43. The number of primary amides is 1. The first-order chi connectivity index (χ1) is 7.11. The van der Waals surface area contributed by atoms with E-state index >= 15 is 0 Å². The maximum absolute atomic E-state index is 10.5. The number of nitrogens with one attached hydrogen (secondary N) is 1. The molecule has 2 amide bonds. The lowest BCUT2D eigenvalue weighted by Crippen LogP contribution is -2.19. The Labute approximate surface area is 92.1 Å². The van der Waals surface area contributed by atoms with E-state index in [0.717, 1.165) is 0 Å². The number of rotatable bonds is 3. The first-order valence-electron chi connectivity index (χ1n) is 4.17.